The number of halogens is 2. The largest absolute Gasteiger partial charge is 0.412 e. The quantitative estimate of drug-likeness (QED) is 0.0939. The van der Waals surface area contributed by atoms with E-state index in [1.54, 1.807) is 26.4 Å². The predicted molar refractivity (Wildman–Crippen MR) is 205 cm³/mol. The van der Waals surface area contributed by atoms with E-state index in [1.807, 2.05) is 17.9 Å². The van der Waals surface area contributed by atoms with Gasteiger partial charge in [0.1, 0.15) is 6.04 Å². The van der Waals surface area contributed by atoms with Gasteiger partial charge in [-0.2, -0.15) is 0 Å². The first-order valence-corrected chi connectivity index (χ1v) is 24.4. The molecule has 0 radical (unpaired) electrons. The summed E-state index contributed by atoms with van der Waals surface area (Å²) in [5.74, 6) is -0.0485. The molecule has 1 aromatic rings. The van der Waals surface area contributed by atoms with Gasteiger partial charge < -0.3 is 33.4 Å². The Bertz CT molecular complexity index is 1120. The van der Waals surface area contributed by atoms with Crippen molar-refractivity contribution in [3.05, 3.63) is 28.2 Å². The number of carbonyl (C=O) groups is 1. The van der Waals surface area contributed by atoms with Crippen molar-refractivity contribution < 1.29 is 23.1 Å². The summed E-state index contributed by atoms with van der Waals surface area (Å²) in [7, 11) is -0.468. The second-order valence-electron chi connectivity index (χ2n) is 14.2. The fraction of sp³-hybridized carbons (Fsp3) is 0.806. The van der Waals surface area contributed by atoms with Crippen molar-refractivity contribution in [1.82, 2.24) is 9.80 Å². The van der Waals surface area contributed by atoms with Crippen molar-refractivity contribution in [2.75, 3.05) is 52.3 Å². The van der Waals surface area contributed by atoms with Crippen LogP contribution < -0.4 is 5.32 Å². The summed E-state index contributed by atoms with van der Waals surface area (Å²) in [5.41, 5.74) is 1.13. The molecule has 3 rings (SSSR count). The van der Waals surface area contributed by atoms with Crippen LogP contribution in [0.15, 0.2) is 18.2 Å². The number of likely N-dealkylation sites (tertiary alicyclic amines) is 1. The summed E-state index contributed by atoms with van der Waals surface area (Å²) in [4.78, 5) is 18.6. The maximum Gasteiger partial charge on any atom is 0.245 e. The Morgan fingerprint density at radius 2 is 1.54 bits per heavy atom. The first kappa shape index (κ1) is 41.7. The molecule has 3 unspecified atom stereocenters. The summed E-state index contributed by atoms with van der Waals surface area (Å²) < 4.78 is 25.6. The van der Waals surface area contributed by atoms with Gasteiger partial charge in [-0.1, -0.05) is 64.7 Å². The van der Waals surface area contributed by atoms with Crippen molar-refractivity contribution in [1.29, 1.82) is 0 Å². The average Bonchev–Trinajstić information content (AvgIpc) is 3.89. The van der Waals surface area contributed by atoms with Gasteiger partial charge in [0.15, 0.2) is 22.9 Å². The molecule has 3 atom stereocenters. The maximum atomic E-state index is 14.1. The number of methoxy groups -OCH3 is 2. The summed E-state index contributed by atoms with van der Waals surface area (Å²) >= 11 is 12.4. The average molecular weight is 747 g/mol. The highest BCUT2D eigenvalue weighted by Crippen LogP contribution is 2.55. The number of anilines is 1. The molecule has 1 aliphatic carbocycles. The van der Waals surface area contributed by atoms with Gasteiger partial charge in [-0.25, -0.2) is 0 Å². The fourth-order valence-corrected chi connectivity index (χ4v) is 13.6. The molecule has 48 heavy (non-hydrogen) atoms. The Kier molecular flexibility index (Phi) is 16.7. The molecule has 1 saturated carbocycles. The van der Waals surface area contributed by atoms with Crippen molar-refractivity contribution in [2.45, 2.75) is 135 Å². The highest BCUT2D eigenvalue weighted by atomic mass is 35.5. The van der Waals surface area contributed by atoms with Gasteiger partial charge in [0.25, 0.3) is 0 Å². The highest BCUT2D eigenvalue weighted by Gasteiger charge is 2.54. The molecule has 1 amide bonds. The SMILES string of the molecule is CC[Si](CC)(CC)OC(CCN1CCC2(CC2)C(O[Si](CC)(CC)CC)C1)CN(CC(OC)OC)C(=O)C(C)Nc1ccc(Cl)c(Cl)c1. The minimum atomic E-state index is -1.98. The van der Waals surface area contributed by atoms with Crippen LogP contribution in [0.4, 0.5) is 5.69 Å². The molecule has 8 nitrogen and oxygen atoms in total. The molecule has 1 aromatic carbocycles. The number of carbonyl (C=O) groups excluding carboxylic acids is 1. The van der Waals surface area contributed by atoms with Crippen LogP contribution in [0.3, 0.4) is 0 Å². The lowest BCUT2D eigenvalue weighted by Crippen LogP contribution is -2.53. The third-order valence-corrected chi connectivity index (χ3v) is 21.8. The van der Waals surface area contributed by atoms with E-state index in [4.69, 9.17) is 41.5 Å². The second-order valence-corrected chi connectivity index (χ2v) is 24.4. The molecule has 276 valence electrons. The standard InChI is InChI=1S/C36H65Cl2N3O5Si2/c1-10-47(11-2,12-3)45-30(18-22-40-23-21-36(19-20-36)33(26-40)46-48(13-4,14-5)15-6)25-41(27-34(43-8)44-9)35(42)28(7)39-29-16-17-31(37)32(38)24-29/h16-17,24,28,30,33-34,39H,10-15,18-23,25-27H2,1-9H3. The van der Waals surface area contributed by atoms with E-state index in [0.29, 0.717) is 34.7 Å². The van der Waals surface area contributed by atoms with Gasteiger partial charge in [-0.3, -0.25) is 4.79 Å². The van der Waals surface area contributed by atoms with Crippen LogP contribution in [0.2, 0.25) is 46.3 Å². The van der Waals surface area contributed by atoms with Crippen molar-refractivity contribution in [3.63, 3.8) is 0 Å². The molecule has 1 N–H and O–H groups in total. The zero-order valence-electron chi connectivity index (χ0n) is 31.3. The second kappa shape index (κ2) is 19.2. The summed E-state index contributed by atoms with van der Waals surface area (Å²) in [5, 5.41) is 4.24. The number of amides is 1. The molecular weight excluding hydrogens is 681 g/mol. The number of hydrogen-bond donors (Lipinski definition) is 1. The Labute approximate surface area is 304 Å². The van der Waals surface area contributed by atoms with Crippen molar-refractivity contribution >= 4 is 51.4 Å². The molecule has 1 saturated heterocycles. The Morgan fingerprint density at radius 1 is 0.938 bits per heavy atom. The van der Waals surface area contributed by atoms with Gasteiger partial charge in [-0.15, -0.1) is 0 Å². The van der Waals surface area contributed by atoms with Crippen molar-refractivity contribution in [2.24, 2.45) is 5.41 Å². The number of ether oxygens (including phenoxy) is 2. The number of rotatable bonds is 22. The van der Waals surface area contributed by atoms with E-state index in [-0.39, 0.29) is 12.0 Å². The lowest BCUT2D eigenvalue weighted by Gasteiger charge is -2.44. The summed E-state index contributed by atoms with van der Waals surface area (Å²) in [6, 6.07) is 11.5. The van der Waals surface area contributed by atoms with Gasteiger partial charge >= 0.3 is 0 Å². The van der Waals surface area contributed by atoms with Crippen molar-refractivity contribution in [3.8, 4) is 0 Å². The van der Waals surface area contributed by atoms with E-state index in [9.17, 15) is 4.79 Å². The Morgan fingerprint density at radius 3 is 2.06 bits per heavy atom. The Hall–Kier alpha value is -0.696. The molecule has 12 heteroatoms. The van der Waals surface area contributed by atoms with Gasteiger partial charge in [0.05, 0.1) is 28.8 Å². The van der Waals surface area contributed by atoms with Crippen LogP contribution in [-0.4, -0.2) is 104 Å². The van der Waals surface area contributed by atoms with Crippen LogP contribution in [0, 0.1) is 5.41 Å². The molecule has 1 aliphatic heterocycles. The molecule has 0 aromatic heterocycles. The minimum absolute atomic E-state index is 0.0485. The van der Waals surface area contributed by atoms with Gasteiger partial charge in [0, 0.05) is 39.5 Å². The molecule has 2 fully saturated rings. The van der Waals surface area contributed by atoms with E-state index in [2.05, 4.69) is 51.8 Å². The van der Waals surface area contributed by atoms with Crippen LogP contribution in [-0.2, 0) is 23.1 Å². The number of nitrogens with zero attached hydrogens (tertiary/aromatic N) is 2. The van der Waals surface area contributed by atoms with Crippen LogP contribution in [0.1, 0.15) is 74.1 Å². The summed E-state index contributed by atoms with van der Waals surface area (Å²) in [6.07, 6.45) is 4.38. The third-order valence-electron chi connectivity index (χ3n) is 11.7. The molecular formula is C36H65Cl2N3O5Si2. The zero-order chi connectivity index (χ0) is 35.5. The topological polar surface area (TPSA) is 72.5 Å². The fourth-order valence-electron chi connectivity index (χ4n) is 7.43. The monoisotopic (exact) mass is 745 g/mol. The van der Waals surface area contributed by atoms with E-state index < -0.39 is 29.0 Å². The van der Waals surface area contributed by atoms with Crippen LogP contribution in [0.25, 0.3) is 0 Å². The highest BCUT2D eigenvalue weighted by molar-refractivity contribution is 6.74. The van der Waals surface area contributed by atoms with Crippen LogP contribution in [0.5, 0.6) is 0 Å². The summed E-state index contributed by atoms with van der Waals surface area (Å²) in [6.45, 7) is 19.5. The third kappa shape index (κ3) is 10.9. The number of nitrogens with one attached hydrogen (secondary N) is 1. The minimum Gasteiger partial charge on any atom is -0.412 e. The first-order chi connectivity index (χ1) is 22.9. The van der Waals surface area contributed by atoms with Crippen LogP contribution >= 0.6 is 23.2 Å². The molecule has 1 spiro atoms. The lowest BCUT2D eigenvalue weighted by atomic mass is 9.90. The number of piperidine rings is 1. The Balaban J connectivity index is 1.82. The predicted octanol–water partition coefficient (Wildman–Crippen LogP) is 8.90. The molecule has 2 aliphatic rings. The van der Waals surface area contributed by atoms with E-state index in [1.165, 1.54) is 37.4 Å². The lowest BCUT2D eigenvalue weighted by molar-refractivity contribution is -0.148. The number of hydrogen-bond acceptors (Lipinski definition) is 7. The molecule has 1 heterocycles. The van der Waals surface area contributed by atoms with Gasteiger partial charge in [0.2, 0.25) is 5.91 Å². The zero-order valence-corrected chi connectivity index (χ0v) is 34.9. The smallest absolute Gasteiger partial charge is 0.245 e. The van der Waals surface area contributed by atoms with E-state index in [0.717, 1.165) is 49.9 Å². The molecule has 0 bridgehead atoms. The van der Waals surface area contributed by atoms with Gasteiger partial charge in [-0.05, 0) is 99.0 Å². The van der Waals surface area contributed by atoms with E-state index >= 15 is 0 Å². The number of benzene rings is 1. The maximum absolute atomic E-state index is 14.1. The normalized spacial score (nSPS) is 19.5. The first-order valence-electron chi connectivity index (χ1n) is 18.5.